The van der Waals surface area contributed by atoms with Gasteiger partial charge in [-0.15, -0.1) is 0 Å². The quantitative estimate of drug-likeness (QED) is 0.733. The Kier molecular flexibility index (Phi) is 2.89. The van der Waals surface area contributed by atoms with E-state index in [1.807, 2.05) is 22.6 Å². The van der Waals surface area contributed by atoms with E-state index in [1.165, 1.54) is 22.5 Å². The molecular formula is C9H9FINO2S. The summed E-state index contributed by atoms with van der Waals surface area (Å²) in [6, 6.07) is 4.13. The fourth-order valence-electron chi connectivity index (χ4n) is 1.59. The highest BCUT2D eigenvalue weighted by molar-refractivity contribution is 14.1. The van der Waals surface area contributed by atoms with Crippen LogP contribution in [-0.4, -0.2) is 20.7 Å². The fraction of sp³-hybridized carbons (Fsp3) is 0.333. The molecule has 0 unspecified atom stereocenters. The predicted octanol–water partition coefficient (Wildman–Crippen LogP) is 1.97. The lowest BCUT2D eigenvalue weighted by Gasteiger charge is -2.18. The molecule has 1 saturated heterocycles. The second-order valence-corrected chi connectivity index (χ2v) is 6.51. The van der Waals surface area contributed by atoms with Gasteiger partial charge in [-0.1, -0.05) is 0 Å². The highest BCUT2D eigenvalue weighted by Gasteiger charge is 2.29. The summed E-state index contributed by atoms with van der Waals surface area (Å²) in [5.41, 5.74) is 0.578. The molecule has 1 aromatic rings. The maximum Gasteiger partial charge on any atom is 0.235 e. The first-order valence-corrected chi connectivity index (χ1v) is 7.15. The van der Waals surface area contributed by atoms with Crippen molar-refractivity contribution in [3.05, 3.63) is 27.6 Å². The first-order valence-electron chi connectivity index (χ1n) is 4.46. The van der Waals surface area contributed by atoms with Gasteiger partial charge >= 0.3 is 0 Å². The molecule has 0 N–H and O–H groups in total. The molecule has 6 heteroatoms. The first kappa shape index (κ1) is 11.1. The normalized spacial score (nSPS) is 19.5. The summed E-state index contributed by atoms with van der Waals surface area (Å²) in [4.78, 5) is 0. The zero-order chi connectivity index (χ0) is 11.1. The summed E-state index contributed by atoms with van der Waals surface area (Å²) < 4.78 is 38.1. The topological polar surface area (TPSA) is 37.4 Å². The molecule has 82 valence electrons. The minimum Gasteiger partial charge on any atom is -0.269 e. The molecule has 0 atom stereocenters. The molecule has 2 rings (SSSR count). The second kappa shape index (κ2) is 3.89. The maximum absolute atomic E-state index is 12.9. The molecule has 0 bridgehead atoms. The molecule has 1 heterocycles. The van der Waals surface area contributed by atoms with Crippen molar-refractivity contribution < 1.29 is 12.8 Å². The van der Waals surface area contributed by atoms with E-state index in [0.717, 1.165) is 0 Å². The smallest absolute Gasteiger partial charge is 0.235 e. The van der Waals surface area contributed by atoms with E-state index in [0.29, 0.717) is 22.2 Å². The van der Waals surface area contributed by atoms with E-state index < -0.39 is 10.0 Å². The van der Waals surface area contributed by atoms with Crippen LogP contribution in [0.4, 0.5) is 10.1 Å². The van der Waals surface area contributed by atoms with Crippen molar-refractivity contribution in [1.29, 1.82) is 0 Å². The van der Waals surface area contributed by atoms with Crippen LogP contribution in [0.3, 0.4) is 0 Å². The van der Waals surface area contributed by atoms with Gasteiger partial charge in [-0.05, 0) is 47.2 Å². The van der Waals surface area contributed by atoms with Gasteiger partial charge in [0.15, 0.2) is 0 Å². The Morgan fingerprint density at radius 1 is 1.40 bits per heavy atom. The SMILES string of the molecule is O=S1(=O)CCCN1c1ccc(F)cc1I. The number of hydrogen-bond acceptors (Lipinski definition) is 2. The molecule has 1 aromatic carbocycles. The average molecular weight is 341 g/mol. The third kappa shape index (κ3) is 2.10. The van der Waals surface area contributed by atoms with Gasteiger partial charge in [0.25, 0.3) is 0 Å². The second-order valence-electron chi connectivity index (χ2n) is 3.34. The fourth-order valence-corrected chi connectivity index (χ4v) is 4.11. The molecule has 0 aromatic heterocycles. The van der Waals surface area contributed by atoms with Crippen LogP contribution in [-0.2, 0) is 10.0 Å². The van der Waals surface area contributed by atoms with Gasteiger partial charge in [-0.25, -0.2) is 12.8 Å². The van der Waals surface area contributed by atoms with Crippen molar-refractivity contribution in [3.63, 3.8) is 0 Å². The van der Waals surface area contributed by atoms with E-state index in [-0.39, 0.29) is 11.6 Å². The predicted molar refractivity (Wildman–Crippen MR) is 64.9 cm³/mol. The number of benzene rings is 1. The number of halogens is 2. The van der Waals surface area contributed by atoms with Crippen molar-refractivity contribution in [3.8, 4) is 0 Å². The third-order valence-corrected chi connectivity index (χ3v) is 5.00. The Balaban J connectivity index is 2.46. The van der Waals surface area contributed by atoms with Gasteiger partial charge in [0, 0.05) is 10.1 Å². The molecule has 1 fully saturated rings. The standard InChI is InChI=1S/C9H9FINO2S/c10-7-2-3-9(8(11)6-7)12-4-1-5-15(12,13)14/h2-3,6H,1,4-5H2. The summed E-state index contributed by atoms with van der Waals surface area (Å²) in [6.45, 7) is 0.490. The molecule has 15 heavy (non-hydrogen) atoms. The van der Waals surface area contributed by atoms with Crippen LogP contribution in [0.2, 0.25) is 0 Å². The Morgan fingerprint density at radius 3 is 2.67 bits per heavy atom. The highest BCUT2D eigenvalue weighted by atomic mass is 127. The lowest BCUT2D eigenvalue weighted by molar-refractivity contribution is 0.599. The number of hydrogen-bond donors (Lipinski definition) is 0. The first-order chi connectivity index (χ1) is 7.00. The molecule has 3 nitrogen and oxygen atoms in total. The van der Waals surface area contributed by atoms with Gasteiger partial charge < -0.3 is 0 Å². The van der Waals surface area contributed by atoms with Gasteiger partial charge in [-0.3, -0.25) is 4.31 Å². The van der Waals surface area contributed by atoms with Crippen LogP contribution in [0.25, 0.3) is 0 Å². The van der Waals surface area contributed by atoms with Crippen molar-refractivity contribution in [1.82, 2.24) is 0 Å². The van der Waals surface area contributed by atoms with Crippen molar-refractivity contribution in [2.45, 2.75) is 6.42 Å². The minimum absolute atomic E-state index is 0.181. The van der Waals surface area contributed by atoms with E-state index in [1.54, 1.807) is 0 Å². The number of anilines is 1. The van der Waals surface area contributed by atoms with Crippen LogP contribution in [0, 0.1) is 9.39 Å². The van der Waals surface area contributed by atoms with Crippen molar-refractivity contribution >= 4 is 38.3 Å². The van der Waals surface area contributed by atoms with Gasteiger partial charge in [0.1, 0.15) is 5.82 Å². The zero-order valence-electron chi connectivity index (χ0n) is 7.78. The van der Waals surface area contributed by atoms with E-state index >= 15 is 0 Å². The van der Waals surface area contributed by atoms with Crippen LogP contribution >= 0.6 is 22.6 Å². The lowest BCUT2D eigenvalue weighted by Crippen LogP contribution is -2.25. The van der Waals surface area contributed by atoms with Crippen molar-refractivity contribution in [2.24, 2.45) is 0 Å². The van der Waals surface area contributed by atoms with Crippen LogP contribution in [0.1, 0.15) is 6.42 Å². The summed E-state index contributed by atoms with van der Waals surface area (Å²) in [5, 5.41) is 0. The summed E-state index contributed by atoms with van der Waals surface area (Å²) in [7, 11) is -3.17. The Bertz CT molecular complexity index is 489. The maximum atomic E-state index is 12.9. The molecular weight excluding hydrogens is 332 g/mol. The molecule has 1 aliphatic rings. The van der Waals surface area contributed by atoms with E-state index in [9.17, 15) is 12.8 Å². The average Bonchev–Trinajstić information content (AvgIpc) is 2.46. The molecule has 0 saturated carbocycles. The number of sulfonamides is 1. The largest absolute Gasteiger partial charge is 0.269 e. The Hall–Kier alpha value is -0.370. The van der Waals surface area contributed by atoms with E-state index in [4.69, 9.17) is 0 Å². The third-order valence-electron chi connectivity index (χ3n) is 2.28. The highest BCUT2D eigenvalue weighted by Crippen LogP contribution is 2.29. The molecule has 0 spiro atoms. The lowest BCUT2D eigenvalue weighted by atomic mass is 10.3. The monoisotopic (exact) mass is 341 g/mol. The Labute approximate surface area is 101 Å². The van der Waals surface area contributed by atoms with Gasteiger partial charge in [0.05, 0.1) is 11.4 Å². The van der Waals surface area contributed by atoms with Crippen molar-refractivity contribution in [2.75, 3.05) is 16.6 Å². The summed E-state index contributed by atoms with van der Waals surface area (Å²) >= 11 is 1.95. The summed E-state index contributed by atoms with van der Waals surface area (Å²) in [6.07, 6.45) is 0.635. The molecule has 0 amide bonds. The minimum atomic E-state index is -3.17. The molecule has 0 radical (unpaired) electrons. The molecule has 1 aliphatic heterocycles. The van der Waals surface area contributed by atoms with Crippen LogP contribution in [0.15, 0.2) is 18.2 Å². The van der Waals surface area contributed by atoms with Gasteiger partial charge in [-0.2, -0.15) is 0 Å². The summed E-state index contributed by atoms with van der Waals surface area (Å²) in [5.74, 6) is -0.166. The van der Waals surface area contributed by atoms with Crippen LogP contribution < -0.4 is 4.31 Å². The number of nitrogens with zero attached hydrogens (tertiary/aromatic N) is 1. The Morgan fingerprint density at radius 2 is 2.13 bits per heavy atom. The number of rotatable bonds is 1. The zero-order valence-corrected chi connectivity index (χ0v) is 10.8. The van der Waals surface area contributed by atoms with E-state index in [2.05, 4.69) is 0 Å². The van der Waals surface area contributed by atoms with Gasteiger partial charge in [0.2, 0.25) is 10.0 Å². The molecule has 0 aliphatic carbocycles. The van der Waals surface area contributed by atoms with Crippen LogP contribution in [0.5, 0.6) is 0 Å².